The lowest BCUT2D eigenvalue weighted by atomic mass is 10.0. The van der Waals surface area contributed by atoms with Crippen molar-refractivity contribution in [1.82, 2.24) is 4.90 Å². The van der Waals surface area contributed by atoms with Gasteiger partial charge in [-0.05, 0) is 38.0 Å². The van der Waals surface area contributed by atoms with Gasteiger partial charge in [0.05, 0.1) is 13.5 Å². The van der Waals surface area contributed by atoms with Crippen LogP contribution in [-0.2, 0) is 11.2 Å². The van der Waals surface area contributed by atoms with Gasteiger partial charge in [0.2, 0.25) is 5.91 Å². The maximum Gasteiger partial charge on any atom is 0.227 e. The fourth-order valence-corrected chi connectivity index (χ4v) is 2.56. The van der Waals surface area contributed by atoms with E-state index in [9.17, 15) is 9.59 Å². The number of hydrogen-bond acceptors (Lipinski definition) is 4. The van der Waals surface area contributed by atoms with E-state index in [0.29, 0.717) is 24.4 Å². The SMILES string of the molecule is COc1ccc(C(C)=O)cc1CC(=O)N1CCC(N)CC1.Cl. The first-order valence-electron chi connectivity index (χ1n) is 7.22. The molecule has 22 heavy (non-hydrogen) atoms. The Morgan fingerprint density at radius 1 is 1.32 bits per heavy atom. The van der Waals surface area contributed by atoms with Crippen molar-refractivity contribution < 1.29 is 14.3 Å². The summed E-state index contributed by atoms with van der Waals surface area (Å²) in [6.07, 6.45) is 1.94. The van der Waals surface area contributed by atoms with Gasteiger partial charge >= 0.3 is 0 Å². The maximum atomic E-state index is 12.4. The number of hydrogen-bond donors (Lipinski definition) is 1. The highest BCUT2D eigenvalue weighted by molar-refractivity contribution is 5.94. The minimum absolute atomic E-state index is 0. The molecule has 0 radical (unpaired) electrons. The molecular weight excluding hydrogens is 304 g/mol. The largest absolute Gasteiger partial charge is 0.496 e. The third-order valence-corrected chi connectivity index (χ3v) is 3.92. The Morgan fingerprint density at radius 3 is 2.50 bits per heavy atom. The monoisotopic (exact) mass is 326 g/mol. The van der Waals surface area contributed by atoms with E-state index in [-0.39, 0.29) is 36.6 Å². The molecule has 0 saturated carbocycles. The summed E-state index contributed by atoms with van der Waals surface area (Å²) in [7, 11) is 1.57. The molecule has 122 valence electrons. The second kappa shape index (κ2) is 8.15. The molecule has 6 heteroatoms. The van der Waals surface area contributed by atoms with E-state index in [1.54, 1.807) is 25.3 Å². The van der Waals surface area contributed by atoms with Gasteiger partial charge in [-0.3, -0.25) is 9.59 Å². The van der Waals surface area contributed by atoms with Crippen molar-refractivity contribution in [3.05, 3.63) is 29.3 Å². The summed E-state index contributed by atoms with van der Waals surface area (Å²) in [6, 6.07) is 5.40. The number of methoxy groups -OCH3 is 1. The molecule has 1 aromatic carbocycles. The van der Waals surface area contributed by atoms with Crippen molar-refractivity contribution in [1.29, 1.82) is 0 Å². The molecule has 1 heterocycles. The number of rotatable bonds is 4. The summed E-state index contributed by atoms with van der Waals surface area (Å²) in [4.78, 5) is 25.7. The highest BCUT2D eigenvalue weighted by Gasteiger charge is 2.21. The van der Waals surface area contributed by atoms with Crippen molar-refractivity contribution in [3.8, 4) is 5.75 Å². The van der Waals surface area contributed by atoms with Gasteiger partial charge in [0.1, 0.15) is 5.75 Å². The Labute approximate surface area is 137 Å². The number of halogens is 1. The van der Waals surface area contributed by atoms with Gasteiger partial charge in [-0.1, -0.05) is 0 Å². The number of benzene rings is 1. The smallest absolute Gasteiger partial charge is 0.227 e. The highest BCUT2D eigenvalue weighted by Crippen LogP contribution is 2.22. The Bertz CT molecular complexity index is 540. The Hall–Kier alpha value is -1.59. The van der Waals surface area contributed by atoms with Gasteiger partial charge in [0.15, 0.2) is 5.78 Å². The zero-order valence-electron chi connectivity index (χ0n) is 13.0. The van der Waals surface area contributed by atoms with Gasteiger partial charge in [0, 0.05) is 30.3 Å². The van der Waals surface area contributed by atoms with Crippen LogP contribution in [-0.4, -0.2) is 42.8 Å². The molecule has 1 aliphatic heterocycles. The number of carbonyl (C=O) groups excluding carboxylic acids is 2. The summed E-state index contributed by atoms with van der Waals surface area (Å²) >= 11 is 0. The van der Waals surface area contributed by atoms with Crippen LogP contribution in [0.15, 0.2) is 18.2 Å². The van der Waals surface area contributed by atoms with Crippen molar-refractivity contribution in [2.24, 2.45) is 5.73 Å². The number of ether oxygens (including phenoxy) is 1. The van der Waals surface area contributed by atoms with Crippen molar-refractivity contribution >= 4 is 24.1 Å². The summed E-state index contributed by atoms with van der Waals surface area (Å²) < 4.78 is 5.28. The number of piperidine rings is 1. The molecule has 0 spiro atoms. The second-order valence-corrected chi connectivity index (χ2v) is 5.48. The van der Waals surface area contributed by atoms with E-state index >= 15 is 0 Å². The quantitative estimate of drug-likeness (QED) is 0.856. The molecule has 1 aliphatic rings. The summed E-state index contributed by atoms with van der Waals surface area (Å²) in [5.41, 5.74) is 7.20. The molecule has 0 atom stereocenters. The third kappa shape index (κ3) is 4.45. The maximum absolute atomic E-state index is 12.4. The van der Waals surface area contributed by atoms with Crippen LogP contribution in [0, 0.1) is 0 Å². The number of nitrogens with zero attached hydrogens (tertiary/aromatic N) is 1. The predicted molar refractivity (Wildman–Crippen MR) is 87.7 cm³/mol. The zero-order valence-corrected chi connectivity index (χ0v) is 13.8. The van der Waals surface area contributed by atoms with Gasteiger partial charge in [0.25, 0.3) is 0 Å². The van der Waals surface area contributed by atoms with Gasteiger partial charge in [-0.2, -0.15) is 0 Å². The Balaban J connectivity index is 0.00000242. The number of likely N-dealkylation sites (tertiary alicyclic amines) is 1. The normalized spacial score (nSPS) is 15.1. The number of amides is 1. The molecule has 0 unspecified atom stereocenters. The fraction of sp³-hybridized carbons (Fsp3) is 0.500. The van der Waals surface area contributed by atoms with Gasteiger partial charge < -0.3 is 15.4 Å². The van der Waals surface area contributed by atoms with E-state index in [0.717, 1.165) is 18.4 Å². The first-order chi connectivity index (χ1) is 10.0. The topological polar surface area (TPSA) is 72.6 Å². The first kappa shape index (κ1) is 18.5. The molecular formula is C16H23ClN2O3. The average Bonchev–Trinajstić information content (AvgIpc) is 2.47. The first-order valence-corrected chi connectivity index (χ1v) is 7.22. The number of ketones is 1. The lowest BCUT2D eigenvalue weighted by Gasteiger charge is -2.30. The Kier molecular flexibility index (Phi) is 6.84. The molecule has 5 nitrogen and oxygen atoms in total. The number of carbonyl (C=O) groups is 2. The predicted octanol–water partition coefficient (Wildman–Crippen LogP) is 1.81. The summed E-state index contributed by atoms with van der Waals surface area (Å²) in [6.45, 7) is 2.92. The van der Waals surface area contributed by atoms with E-state index in [1.165, 1.54) is 6.92 Å². The molecule has 0 aliphatic carbocycles. The summed E-state index contributed by atoms with van der Waals surface area (Å²) in [5, 5.41) is 0. The van der Waals surface area contributed by atoms with Crippen LogP contribution in [0.1, 0.15) is 35.7 Å². The molecule has 1 aromatic rings. The average molecular weight is 327 g/mol. The molecule has 1 amide bonds. The molecule has 0 bridgehead atoms. The molecule has 0 aromatic heterocycles. The van der Waals surface area contributed by atoms with Crippen LogP contribution in [0.25, 0.3) is 0 Å². The van der Waals surface area contributed by atoms with Crippen LogP contribution in [0.3, 0.4) is 0 Å². The van der Waals surface area contributed by atoms with Gasteiger partial charge in [-0.15, -0.1) is 12.4 Å². The van der Waals surface area contributed by atoms with Crippen LogP contribution in [0.4, 0.5) is 0 Å². The fourth-order valence-electron chi connectivity index (χ4n) is 2.56. The van der Waals surface area contributed by atoms with Crippen molar-refractivity contribution in [3.63, 3.8) is 0 Å². The van der Waals surface area contributed by atoms with Crippen molar-refractivity contribution in [2.45, 2.75) is 32.2 Å². The third-order valence-electron chi connectivity index (χ3n) is 3.92. The molecule has 2 N–H and O–H groups in total. The number of nitrogens with two attached hydrogens (primary N) is 1. The van der Waals surface area contributed by atoms with E-state index in [2.05, 4.69) is 0 Å². The summed E-state index contributed by atoms with van der Waals surface area (Å²) in [5.74, 6) is 0.679. The van der Waals surface area contributed by atoms with Crippen LogP contribution < -0.4 is 10.5 Å². The molecule has 1 fully saturated rings. The lowest BCUT2D eigenvalue weighted by Crippen LogP contribution is -2.43. The van der Waals surface area contributed by atoms with Crippen LogP contribution >= 0.6 is 12.4 Å². The highest BCUT2D eigenvalue weighted by atomic mass is 35.5. The lowest BCUT2D eigenvalue weighted by molar-refractivity contribution is -0.131. The van der Waals surface area contributed by atoms with Crippen LogP contribution in [0.2, 0.25) is 0 Å². The van der Waals surface area contributed by atoms with E-state index in [4.69, 9.17) is 10.5 Å². The van der Waals surface area contributed by atoms with Crippen molar-refractivity contribution in [2.75, 3.05) is 20.2 Å². The van der Waals surface area contributed by atoms with Gasteiger partial charge in [-0.25, -0.2) is 0 Å². The molecule has 1 saturated heterocycles. The Morgan fingerprint density at radius 2 is 1.95 bits per heavy atom. The minimum Gasteiger partial charge on any atom is -0.496 e. The second-order valence-electron chi connectivity index (χ2n) is 5.48. The standard InChI is InChI=1S/C16H22N2O3.ClH/c1-11(19)12-3-4-15(21-2)13(9-12)10-16(20)18-7-5-14(17)6-8-18;/h3-4,9,14H,5-8,10,17H2,1-2H3;1H. The molecule has 2 rings (SSSR count). The van der Waals surface area contributed by atoms with E-state index < -0.39 is 0 Å². The van der Waals surface area contributed by atoms with Crippen LogP contribution in [0.5, 0.6) is 5.75 Å². The van der Waals surface area contributed by atoms with E-state index in [1.807, 2.05) is 4.90 Å². The minimum atomic E-state index is -0.0182. The number of Topliss-reactive ketones (excluding diaryl/α,β-unsaturated/α-hetero) is 1. The zero-order chi connectivity index (χ0) is 15.4.